The van der Waals surface area contributed by atoms with Crippen LogP contribution < -0.4 is 5.32 Å². The van der Waals surface area contributed by atoms with Crippen LogP contribution in [0.15, 0.2) is 45.3 Å². The molecule has 0 aliphatic carbocycles. The summed E-state index contributed by atoms with van der Waals surface area (Å²) in [6, 6.07) is 8.09. The fraction of sp³-hybridized carbons (Fsp3) is 0.357. The van der Waals surface area contributed by atoms with Crippen molar-refractivity contribution in [2.75, 3.05) is 20.6 Å². The van der Waals surface area contributed by atoms with Crippen LogP contribution in [-0.2, 0) is 13.0 Å². The van der Waals surface area contributed by atoms with Crippen molar-refractivity contribution in [1.82, 2.24) is 10.2 Å². The number of hydrogen-bond donors (Lipinski definition) is 1. The van der Waals surface area contributed by atoms with Crippen molar-refractivity contribution in [3.63, 3.8) is 0 Å². The Balaban J connectivity index is 1.80. The topological polar surface area (TPSA) is 40.8 Å². The lowest BCUT2D eigenvalue weighted by Gasteiger charge is -2.21. The molecule has 0 fully saturated rings. The van der Waals surface area contributed by atoms with E-state index in [0.717, 1.165) is 24.7 Å². The number of guanidine groups is 1. The number of furan rings is 1. The highest BCUT2D eigenvalue weighted by Crippen LogP contribution is 2.09. The summed E-state index contributed by atoms with van der Waals surface area (Å²) in [4.78, 5) is 7.80. The number of thiophene rings is 1. The fourth-order valence-electron chi connectivity index (χ4n) is 1.80. The molecule has 4 nitrogen and oxygen atoms in total. The fourth-order valence-corrected chi connectivity index (χ4v) is 2.50. The van der Waals surface area contributed by atoms with Crippen LogP contribution in [0, 0.1) is 0 Å². The molecular formula is C14H19N3OS. The zero-order valence-corrected chi connectivity index (χ0v) is 12.1. The predicted molar refractivity (Wildman–Crippen MR) is 79.6 cm³/mol. The smallest absolute Gasteiger partial charge is 0.193 e. The first-order chi connectivity index (χ1) is 9.29. The molecule has 2 rings (SSSR count). The van der Waals surface area contributed by atoms with Gasteiger partial charge in [-0.15, -0.1) is 11.3 Å². The van der Waals surface area contributed by atoms with Crippen molar-refractivity contribution >= 4 is 17.3 Å². The van der Waals surface area contributed by atoms with Crippen LogP contribution in [0.3, 0.4) is 0 Å². The van der Waals surface area contributed by atoms with Crippen molar-refractivity contribution in [2.45, 2.75) is 13.0 Å². The largest absolute Gasteiger partial charge is 0.467 e. The first-order valence-corrected chi connectivity index (χ1v) is 7.14. The van der Waals surface area contributed by atoms with Gasteiger partial charge in [-0.25, -0.2) is 0 Å². The quantitative estimate of drug-likeness (QED) is 0.674. The molecule has 5 heteroatoms. The number of rotatable bonds is 5. The minimum absolute atomic E-state index is 0.656. The maximum Gasteiger partial charge on any atom is 0.193 e. The number of likely N-dealkylation sites (N-methyl/N-ethyl adjacent to an activating group) is 1. The van der Waals surface area contributed by atoms with Crippen LogP contribution in [0.5, 0.6) is 0 Å². The van der Waals surface area contributed by atoms with E-state index < -0.39 is 0 Å². The minimum Gasteiger partial charge on any atom is -0.467 e. The van der Waals surface area contributed by atoms with E-state index in [2.05, 4.69) is 32.7 Å². The SMILES string of the molecule is CN=C(NCc1ccco1)N(C)CCc1cccs1. The normalized spacial score (nSPS) is 11.6. The van der Waals surface area contributed by atoms with E-state index in [1.807, 2.05) is 19.2 Å². The third kappa shape index (κ3) is 4.13. The van der Waals surface area contributed by atoms with Crippen LogP contribution in [0.2, 0.25) is 0 Å². The standard InChI is InChI=1S/C14H19N3OS/c1-15-14(16-11-12-5-3-9-18-12)17(2)8-7-13-6-4-10-19-13/h3-6,9-10H,7-8,11H2,1-2H3,(H,15,16). The Hall–Kier alpha value is -1.75. The van der Waals surface area contributed by atoms with Gasteiger partial charge in [0, 0.05) is 25.5 Å². The van der Waals surface area contributed by atoms with Crippen LogP contribution in [0.25, 0.3) is 0 Å². The molecule has 2 aromatic rings. The highest BCUT2D eigenvalue weighted by Gasteiger charge is 2.06. The van der Waals surface area contributed by atoms with E-state index in [-0.39, 0.29) is 0 Å². The number of nitrogens with one attached hydrogen (secondary N) is 1. The zero-order valence-electron chi connectivity index (χ0n) is 11.3. The lowest BCUT2D eigenvalue weighted by molar-refractivity contribution is 0.466. The van der Waals surface area contributed by atoms with Crippen LogP contribution in [0.1, 0.15) is 10.6 Å². The summed E-state index contributed by atoms with van der Waals surface area (Å²) >= 11 is 1.79. The molecule has 0 radical (unpaired) electrons. The second-order valence-corrected chi connectivity index (χ2v) is 5.26. The van der Waals surface area contributed by atoms with Crippen LogP contribution in [0.4, 0.5) is 0 Å². The molecule has 0 bridgehead atoms. The lowest BCUT2D eigenvalue weighted by atomic mass is 10.3. The summed E-state index contributed by atoms with van der Waals surface area (Å²) in [6.07, 6.45) is 2.72. The molecule has 0 spiro atoms. The minimum atomic E-state index is 0.656. The average Bonchev–Trinajstić information content (AvgIpc) is 3.10. The van der Waals surface area contributed by atoms with Gasteiger partial charge in [0.15, 0.2) is 5.96 Å². The summed E-state index contributed by atoms with van der Waals surface area (Å²) in [5.41, 5.74) is 0. The highest BCUT2D eigenvalue weighted by atomic mass is 32.1. The Morgan fingerprint density at radius 2 is 2.32 bits per heavy atom. The summed E-state index contributed by atoms with van der Waals surface area (Å²) in [7, 11) is 3.84. The Morgan fingerprint density at radius 3 is 2.95 bits per heavy atom. The van der Waals surface area contributed by atoms with E-state index in [1.54, 1.807) is 24.6 Å². The lowest BCUT2D eigenvalue weighted by Crippen LogP contribution is -2.39. The van der Waals surface area contributed by atoms with Gasteiger partial charge in [0.05, 0.1) is 12.8 Å². The van der Waals surface area contributed by atoms with Gasteiger partial charge in [-0.05, 0) is 30.0 Å². The molecule has 0 aliphatic rings. The average molecular weight is 277 g/mol. The summed E-state index contributed by atoms with van der Waals surface area (Å²) in [5, 5.41) is 5.40. The molecular weight excluding hydrogens is 258 g/mol. The number of nitrogens with zero attached hydrogens (tertiary/aromatic N) is 2. The molecule has 0 saturated carbocycles. The molecule has 102 valence electrons. The van der Waals surface area contributed by atoms with Crippen molar-refractivity contribution in [3.05, 3.63) is 46.5 Å². The predicted octanol–water partition coefficient (Wildman–Crippen LogP) is 2.59. The van der Waals surface area contributed by atoms with Gasteiger partial charge in [0.25, 0.3) is 0 Å². The van der Waals surface area contributed by atoms with Gasteiger partial charge < -0.3 is 14.6 Å². The Kier molecular flexibility index (Phi) is 5.03. The molecule has 1 N–H and O–H groups in total. The Labute approximate surface area is 117 Å². The van der Waals surface area contributed by atoms with Crippen LogP contribution >= 0.6 is 11.3 Å². The molecule has 0 atom stereocenters. The van der Waals surface area contributed by atoms with Crippen molar-refractivity contribution in [1.29, 1.82) is 0 Å². The number of hydrogen-bond acceptors (Lipinski definition) is 3. The zero-order chi connectivity index (χ0) is 13.5. The second kappa shape index (κ2) is 6.99. The third-order valence-corrected chi connectivity index (χ3v) is 3.78. The van der Waals surface area contributed by atoms with Crippen molar-refractivity contribution in [3.8, 4) is 0 Å². The van der Waals surface area contributed by atoms with Gasteiger partial charge in [-0.1, -0.05) is 6.07 Å². The second-order valence-electron chi connectivity index (χ2n) is 4.23. The Bertz CT molecular complexity index is 491. The van der Waals surface area contributed by atoms with E-state index in [1.165, 1.54) is 4.88 Å². The summed E-state index contributed by atoms with van der Waals surface area (Å²) < 4.78 is 5.29. The van der Waals surface area contributed by atoms with E-state index >= 15 is 0 Å². The molecule has 0 unspecified atom stereocenters. The maximum absolute atomic E-state index is 5.29. The van der Waals surface area contributed by atoms with Gasteiger partial charge in [0.2, 0.25) is 0 Å². The van der Waals surface area contributed by atoms with Gasteiger partial charge in [-0.2, -0.15) is 0 Å². The molecule has 2 aromatic heterocycles. The third-order valence-electron chi connectivity index (χ3n) is 2.85. The van der Waals surface area contributed by atoms with E-state index in [9.17, 15) is 0 Å². The van der Waals surface area contributed by atoms with Crippen molar-refractivity contribution in [2.24, 2.45) is 4.99 Å². The molecule has 0 aliphatic heterocycles. The first-order valence-electron chi connectivity index (χ1n) is 6.26. The van der Waals surface area contributed by atoms with Gasteiger partial charge in [0.1, 0.15) is 5.76 Å². The van der Waals surface area contributed by atoms with Crippen molar-refractivity contribution < 1.29 is 4.42 Å². The monoisotopic (exact) mass is 277 g/mol. The molecule has 0 saturated heterocycles. The van der Waals surface area contributed by atoms with Crippen LogP contribution in [-0.4, -0.2) is 31.5 Å². The first kappa shape index (κ1) is 13.7. The van der Waals surface area contributed by atoms with E-state index in [4.69, 9.17) is 4.42 Å². The Morgan fingerprint density at radius 1 is 1.42 bits per heavy atom. The van der Waals surface area contributed by atoms with Gasteiger partial charge >= 0.3 is 0 Å². The molecule has 0 amide bonds. The molecule has 2 heterocycles. The summed E-state index contributed by atoms with van der Waals surface area (Å²) in [5.74, 6) is 1.79. The van der Waals surface area contributed by atoms with E-state index in [0.29, 0.717) is 6.54 Å². The number of aliphatic imine (C=N–C) groups is 1. The highest BCUT2D eigenvalue weighted by molar-refractivity contribution is 7.09. The molecule has 0 aromatic carbocycles. The van der Waals surface area contributed by atoms with Gasteiger partial charge in [-0.3, -0.25) is 4.99 Å². The summed E-state index contributed by atoms with van der Waals surface area (Å²) in [6.45, 7) is 1.60. The molecule has 19 heavy (non-hydrogen) atoms. The maximum atomic E-state index is 5.29.